The van der Waals surface area contributed by atoms with Crippen molar-refractivity contribution < 1.29 is 0 Å². The summed E-state index contributed by atoms with van der Waals surface area (Å²) >= 11 is 0. The van der Waals surface area contributed by atoms with Crippen LogP contribution in [0.4, 0.5) is 0 Å². The Labute approximate surface area is 56.6 Å². The SMILES string of the molecule is CC=CC1=C(C)C=CC1. The van der Waals surface area contributed by atoms with E-state index < -0.39 is 0 Å². The van der Waals surface area contributed by atoms with Crippen LogP contribution in [-0.2, 0) is 0 Å². The molecule has 0 aromatic carbocycles. The van der Waals surface area contributed by atoms with E-state index in [1.807, 2.05) is 0 Å². The quantitative estimate of drug-likeness (QED) is 0.499. The molecule has 0 atom stereocenters. The lowest BCUT2D eigenvalue weighted by atomic mass is 10.1. The zero-order chi connectivity index (χ0) is 6.69. The highest BCUT2D eigenvalue weighted by atomic mass is 14.0. The second-order valence-corrected chi connectivity index (χ2v) is 2.31. The molecule has 0 bridgehead atoms. The lowest BCUT2D eigenvalue weighted by molar-refractivity contribution is 1.29. The standard InChI is InChI=1S/C9H12/c1-3-5-9-7-4-6-8(9)2/h3-6H,7H2,1-2H3. The highest BCUT2D eigenvalue weighted by Crippen LogP contribution is 2.18. The Kier molecular flexibility index (Phi) is 1.88. The molecular weight excluding hydrogens is 108 g/mol. The van der Waals surface area contributed by atoms with Gasteiger partial charge in [0.1, 0.15) is 0 Å². The minimum Gasteiger partial charge on any atom is -0.0874 e. The Morgan fingerprint density at radius 3 is 2.78 bits per heavy atom. The third-order valence-corrected chi connectivity index (χ3v) is 1.58. The lowest BCUT2D eigenvalue weighted by Gasteiger charge is -1.92. The van der Waals surface area contributed by atoms with Gasteiger partial charge in [0, 0.05) is 0 Å². The van der Waals surface area contributed by atoms with Gasteiger partial charge in [-0.1, -0.05) is 24.3 Å². The summed E-state index contributed by atoms with van der Waals surface area (Å²) in [5.41, 5.74) is 2.87. The lowest BCUT2D eigenvalue weighted by Crippen LogP contribution is -1.72. The van der Waals surface area contributed by atoms with Crippen LogP contribution < -0.4 is 0 Å². The van der Waals surface area contributed by atoms with E-state index in [9.17, 15) is 0 Å². The summed E-state index contributed by atoms with van der Waals surface area (Å²) in [4.78, 5) is 0. The summed E-state index contributed by atoms with van der Waals surface area (Å²) in [6, 6.07) is 0. The normalized spacial score (nSPS) is 18.4. The molecule has 0 N–H and O–H groups in total. The fourth-order valence-electron chi connectivity index (χ4n) is 1.03. The fraction of sp³-hybridized carbons (Fsp3) is 0.333. The maximum atomic E-state index is 2.20. The summed E-state index contributed by atoms with van der Waals surface area (Å²) in [6.45, 7) is 4.21. The van der Waals surface area contributed by atoms with Gasteiger partial charge in [0.25, 0.3) is 0 Å². The van der Waals surface area contributed by atoms with Crippen molar-refractivity contribution in [2.24, 2.45) is 0 Å². The summed E-state index contributed by atoms with van der Waals surface area (Å²) in [6.07, 6.45) is 9.76. The van der Waals surface area contributed by atoms with Gasteiger partial charge in [0.15, 0.2) is 0 Å². The van der Waals surface area contributed by atoms with Crippen molar-refractivity contribution in [3.63, 3.8) is 0 Å². The Morgan fingerprint density at radius 2 is 2.33 bits per heavy atom. The van der Waals surface area contributed by atoms with Crippen LogP contribution in [0.15, 0.2) is 35.5 Å². The molecule has 1 aliphatic carbocycles. The van der Waals surface area contributed by atoms with E-state index in [2.05, 4.69) is 38.2 Å². The molecule has 0 fully saturated rings. The summed E-state index contributed by atoms with van der Waals surface area (Å²) < 4.78 is 0. The topological polar surface area (TPSA) is 0 Å². The van der Waals surface area contributed by atoms with Crippen LogP contribution >= 0.6 is 0 Å². The first-order valence-electron chi connectivity index (χ1n) is 3.33. The average Bonchev–Trinajstić information content (AvgIpc) is 2.18. The predicted molar refractivity (Wildman–Crippen MR) is 41.3 cm³/mol. The van der Waals surface area contributed by atoms with Gasteiger partial charge in [-0.25, -0.2) is 0 Å². The largest absolute Gasteiger partial charge is 0.0874 e. The van der Waals surface area contributed by atoms with Gasteiger partial charge in [-0.15, -0.1) is 0 Å². The van der Waals surface area contributed by atoms with Crippen molar-refractivity contribution in [2.45, 2.75) is 20.3 Å². The monoisotopic (exact) mass is 120 g/mol. The second-order valence-electron chi connectivity index (χ2n) is 2.31. The maximum Gasteiger partial charge on any atom is -0.00917 e. The minimum absolute atomic E-state index is 1.12. The molecule has 0 spiro atoms. The van der Waals surface area contributed by atoms with Crippen LogP contribution in [0.25, 0.3) is 0 Å². The van der Waals surface area contributed by atoms with E-state index in [1.165, 1.54) is 11.1 Å². The van der Waals surface area contributed by atoms with Crippen molar-refractivity contribution in [1.29, 1.82) is 0 Å². The molecule has 0 heteroatoms. The van der Waals surface area contributed by atoms with Crippen molar-refractivity contribution in [3.05, 3.63) is 35.5 Å². The molecule has 9 heavy (non-hydrogen) atoms. The summed E-state index contributed by atoms with van der Waals surface area (Å²) in [5, 5.41) is 0. The molecule has 0 aromatic heterocycles. The third-order valence-electron chi connectivity index (χ3n) is 1.58. The van der Waals surface area contributed by atoms with Crippen molar-refractivity contribution in [1.82, 2.24) is 0 Å². The molecule has 0 saturated heterocycles. The van der Waals surface area contributed by atoms with Crippen LogP contribution in [-0.4, -0.2) is 0 Å². The molecule has 0 amide bonds. The third kappa shape index (κ3) is 1.32. The molecule has 48 valence electrons. The highest BCUT2D eigenvalue weighted by Gasteiger charge is 1.98. The molecule has 0 heterocycles. The smallest absolute Gasteiger partial charge is 0.00917 e. The first-order chi connectivity index (χ1) is 4.34. The average molecular weight is 120 g/mol. The Hall–Kier alpha value is -0.780. The summed E-state index contributed by atoms with van der Waals surface area (Å²) in [7, 11) is 0. The number of hydrogen-bond donors (Lipinski definition) is 0. The predicted octanol–water partition coefficient (Wildman–Crippen LogP) is 2.84. The Bertz CT molecular complexity index is 180. The Balaban J connectivity index is 2.73. The summed E-state index contributed by atoms with van der Waals surface area (Å²) in [5.74, 6) is 0. The van der Waals surface area contributed by atoms with Crippen LogP contribution in [0.1, 0.15) is 20.3 Å². The minimum atomic E-state index is 1.12. The zero-order valence-corrected chi connectivity index (χ0v) is 6.02. The van der Waals surface area contributed by atoms with E-state index in [0.29, 0.717) is 0 Å². The van der Waals surface area contributed by atoms with Crippen molar-refractivity contribution in [2.75, 3.05) is 0 Å². The van der Waals surface area contributed by atoms with Gasteiger partial charge < -0.3 is 0 Å². The van der Waals surface area contributed by atoms with Gasteiger partial charge in [0.2, 0.25) is 0 Å². The zero-order valence-electron chi connectivity index (χ0n) is 6.02. The first-order valence-corrected chi connectivity index (χ1v) is 3.33. The number of hydrogen-bond acceptors (Lipinski definition) is 0. The van der Waals surface area contributed by atoms with Gasteiger partial charge in [-0.2, -0.15) is 0 Å². The van der Waals surface area contributed by atoms with E-state index in [1.54, 1.807) is 0 Å². The Morgan fingerprint density at radius 1 is 1.56 bits per heavy atom. The maximum absolute atomic E-state index is 2.20. The van der Waals surface area contributed by atoms with Gasteiger partial charge in [0.05, 0.1) is 0 Å². The number of rotatable bonds is 1. The van der Waals surface area contributed by atoms with Gasteiger partial charge in [-0.3, -0.25) is 0 Å². The van der Waals surface area contributed by atoms with Gasteiger partial charge in [-0.05, 0) is 31.4 Å². The number of allylic oxidation sites excluding steroid dienone is 6. The van der Waals surface area contributed by atoms with Crippen LogP contribution in [0, 0.1) is 0 Å². The van der Waals surface area contributed by atoms with Gasteiger partial charge >= 0.3 is 0 Å². The van der Waals surface area contributed by atoms with Crippen molar-refractivity contribution in [3.8, 4) is 0 Å². The van der Waals surface area contributed by atoms with E-state index in [-0.39, 0.29) is 0 Å². The first kappa shape index (κ1) is 6.34. The van der Waals surface area contributed by atoms with E-state index >= 15 is 0 Å². The molecule has 0 radical (unpaired) electrons. The van der Waals surface area contributed by atoms with Crippen LogP contribution in [0.2, 0.25) is 0 Å². The van der Waals surface area contributed by atoms with E-state index in [4.69, 9.17) is 0 Å². The molecule has 1 aliphatic rings. The molecule has 0 aliphatic heterocycles. The molecule has 0 unspecified atom stereocenters. The molecule has 1 rings (SSSR count). The fourth-order valence-corrected chi connectivity index (χ4v) is 1.03. The molecule has 0 nitrogen and oxygen atoms in total. The molecular formula is C9H12. The van der Waals surface area contributed by atoms with Crippen molar-refractivity contribution >= 4 is 0 Å². The van der Waals surface area contributed by atoms with Crippen LogP contribution in [0.3, 0.4) is 0 Å². The molecule has 0 saturated carbocycles. The second kappa shape index (κ2) is 2.67. The van der Waals surface area contributed by atoms with Crippen LogP contribution in [0.5, 0.6) is 0 Å². The molecule has 0 aromatic rings. The van der Waals surface area contributed by atoms with E-state index in [0.717, 1.165) is 6.42 Å². The highest BCUT2D eigenvalue weighted by molar-refractivity contribution is 5.38.